The highest BCUT2D eigenvalue weighted by molar-refractivity contribution is 9.10. The summed E-state index contributed by atoms with van der Waals surface area (Å²) in [7, 11) is 0. The van der Waals surface area contributed by atoms with E-state index in [0.29, 0.717) is 6.54 Å². The molecule has 19 heavy (non-hydrogen) atoms. The van der Waals surface area contributed by atoms with Crippen LogP contribution in [0, 0.1) is 11.6 Å². The number of rotatable bonds is 6. The molecule has 3 nitrogen and oxygen atoms in total. The van der Waals surface area contributed by atoms with Gasteiger partial charge in [-0.25, -0.2) is 8.78 Å². The van der Waals surface area contributed by atoms with Crippen molar-refractivity contribution in [1.82, 2.24) is 10.6 Å². The standard InChI is InChI=1S/C13H17BrF2N2O/c1-8(2)18-12(19)5-6-17-7-9-11(15)4-3-10(14)13(9)16/h3-4,8,17H,5-7H2,1-2H3,(H,18,19). The highest BCUT2D eigenvalue weighted by atomic mass is 79.9. The summed E-state index contributed by atoms with van der Waals surface area (Å²) in [5.41, 5.74) is -0.0290. The summed E-state index contributed by atoms with van der Waals surface area (Å²) in [6, 6.07) is 2.62. The van der Waals surface area contributed by atoms with Gasteiger partial charge in [-0.3, -0.25) is 4.79 Å². The minimum atomic E-state index is -0.612. The number of carbonyl (C=O) groups is 1. The molecule has 0 spiro atoms. The van der Waals surface area contributed by atoms with Crippen molar-refractivity contribution in [2.45, 2.75) is 32.9 Å². The van der Waals surface area contributed by atoms with Crippen LogP contribution in [-0.2, 0) is 11.3 Å². The smallest absolute Gasteiger partial charge is 0.221 e. The molecule has 0 saturated carbocycles. The summed E-state index contributed by atoms with van der Waals surface area (Å²) >= 11 is 3.01. The summed E-state index contributed by atoms with van der Waals surface area (Å²) in [6.07, 6.45) is 0.273. The maximum Gasteiger partial charge on any atom is 0.221 e. The van der Waals surface area contributed by atoms with Crippen molar-refractivity contribution < 1.29 is 13.6 Å². The molecule has 0 fully saturated rings. The zero-order chi connectivity index (χ0) is 14.4. The van der Waals surface area contributed by atoms with Crippen LogP contribution in [0.25, 0.3) is 0 Å². The second-order valence-electron chi connectivity index (χ2n) is 4.47. The highest BCUT2D eigenvalue weighted by Gasteiger charge is 2.12. The Kier molecular flexibility index (Phi) is 6.37. The lowest BCUT2D eigenvalue weighted by Crippen LogP contribution is -2.32. The molecule has 0 unspecified atom stereocenters. The minimum absolute atomic E-state index is 0.0290. The molecule has 1 aromatic carbocycles. The average molecular weight is 335 g/mol. The number of hydrogen-bond donors (Lipinski definition) is 2. The predicted molar refractivity (Wildman–Crippen MR) is 73.7 cm³/mol. The fraction of sp³-hybridized carbons (Fsp3) is 0.462. The van der Waals surface area contributed by atoms with Crippen LogP contribution in [0.4, 0.5) is 8.78 Å². The zero-order valence-electron chi connectivity index (χ0n) is 10.9. The number of hydrogen-bond acceptors (Lipinski definition) is 2. The van der Waals surface area contributed by atoms with E-state index >= 15 is 0 Å². The summed E-state index contributed by atoms with van der Waals surface area (Å²) in [5.74, 6) is -1.29. The number of amides is 1. The van der Waals surface area contributed by atoms with Gasteiger partial charge in [0.05, 0.1) is 4.47 Å². The first-order chi connectivity index (χ1) is 8.91. The van der Waals surface area contributed by atoms with Gasteiger partial charge in [0, 0.05) is 31.1 Å². The molecule has 0 aromatic heterocycles. The Hall–Kier alpha value is -1.01. The molecule has 0 aliphatic heterocycles. The van der Waals surface area contributed by atoms with Gasteiger partial charge in [-0.1, -0.05) is 0 Å². The molecule has 106 valence electrons. The normalized spacial score (nSPS) is 10.8. The minimum Gasteiger partial charge on any atom is -0.354 e. The lowest BCUT2D eigenvalue weighted by molar-refractivity contribution is -0.121. The van der Waals surface area contributed by atoms with Crippen molar-refractivity contribution in [2.75, 3.05) is 6.54 Å². The molecule has 0 aliphatic carbocycles. The topological polar surface area (TPSA) is 41.1 Å². The first kappa shape index (κ1) is 16.0. The van der Waals surface area contributed by atoms with Gasteiger partial charge in [0.1, 0.15) is 11.6 Å². The van der Waals surface area contributed by atoms with Crippen LogP contribution in [0.3, 0.4) is 0 Å². The third kappa shape index (κ3) is 5.24. The van der Waals surface area contributed by atoms with E-state index in [4.69, 9.17) is 0 Å². The molecule has 1 aromatic rings. The average Bonchev–Trinajstić information content (AvgIpc) is 2.32. The summed E-state index contributed by atoms with van der Waals surface area (Å²) in [6.45, 7) is 4.16. The second kappa shape index (κ2) is 7.55. The molecular weight excluding hydrogens is 318 g/mol. The molecule has 0 saturated heterocycles. The quantitative estimate of drug-likeness (QED) is 0.620. The Morgan fingerprint density at radius 2 is 2.05 bits per heavy atom. The maximum atomic E-state index is 13.6. The Bertz CT molecular complexity index is 453. The van der Waals surface area contributed by atoms with E-state index < -0.39 is 11.6 Å². The molecule has 1 amide bonds. The Morgan fingerprint density at radius 1 is 1.37 bits per heavy atom. The SMILES string of the molecule is CC(C)NC(=O)CCNCc1c(F)ccc(Br)c1F. The summed E-state index contributed by atoms with van der Waals surface area (Å²) in [4.78, 5) is 11.3. The number of halogens is 3. The molecular formula is C13H17BrF2N2O. The summed E-state index contributed by atoms with van der Waals surface area (Å²) < 4.78 is 27.2. The molecule has 2 N–H and O–H groups in total. The number of nitrogens with one attached hydrogen (secondary N) is 2. The van der Waals surface area contributed by atoms with E-state index in [1.807, 2.05) is 13.8 Å². The van der Waals surface area contributed by atoms with E-state index in [1.54, 1.807) is 0 Å². The Morgan fingerprint density at radius 3 is 2.68 bits per heavy atom. The fourth-order valence-electron chi connectivity index (χ4n) is 1.54. The molecule has 0 atom stereocenters. The van der Waals surface area contributed by atoms with Crippen molar-refractivity contribution in [3.63, 3.8) is 0 Å². The molecule has 0 bridgehead atoms. The van der Waals surface area contributed by atoms with Gasteiger partial charge in [-0.2, -0.15) is 0 Å². The number of carbonyl (C=O) groups excluding carboxylic acids is 1. The van der Waals surface area contributed by atoms with Crippen LogP contribution < -0.4 is 10.6 Å². The third-order valence-corrected chi connectivity index (χ3v) is 3.03. The molecule has 0 heterocycles. The van der Waals surface area contributed by atoms with Gasteiger partial charge in [0.15, 0.2) is 0 Å². The van der Waals surface area contributed by atoms with E-state index in [1.165, 1.54) is 12.1 Å². The van der Waals surface area contributed by atoms with Crippen LogP contribution in [0.2, 0.25) is 0 Å². The maximum absolute atomic E-state index is 13.6. The van der Waals surface area contributed by atoms with Gasteiger partial charge in [0.25, 0.3) is 0 Å². The molecule has 6 heteroatoms. The lowest BCUT2D eigenvalue weighted by atomic mass is 10.2. The molecule has 0 radical (unpaired) electrons. The van der Waals surface area contributed by atoms with Crippen LogP contribution >= 0.6 is 15.9 Å². The van der Waals surface area contributed by atoms with Crippen molar-refractivity contribution in [2.24, 2.45) is 0 Å². The van der Waals surface area contributed by atoms with Crippen molar-refractivity contribution >= 4 is 21.8 Å². The summed E-state index contributed by atoms with van der Waals surface area (Å²) in [5, 5.41) is 5.59. The second-order valence-corrected chi connectivity index (χ2v) is 5.33. The van der Waals surface area contributed by atoms with Crippen molar-refractivity contribution in [3.8, 4) is 0 Å². The van der Waals surface area contributed by atoms with Gasteiger partial charge in [0.2, 0.25) is 5.91 Å². The predicted octanol–water partition coefficient (Wildman–Crippen LogP) is 2.73. The monoisotopic (exact) mass is 334 g/mol. The third-order valence-electron chi connectivity index (χ3n) is 2.42. The van der Waals surface area contributed by atoms with Crippen molar-refractivity contribution in [1.29, 1.82) is 0 Å². The van der Waals surface area contributed by atoms with Crippen LogP contribution in [-0.4, -0.2) is 18.5 Å². The van der Waals surface area contributed by atoms with Crippen LogP contribution in [0.5, 0.6) is 0 Å². The molecule has 0 aliphatic rings. The van der Waals surface area contributed by atoms with Crippen LogP contribution in [0.15, 0.2) is 16.6 Å². The Labute approximate surface area is 119 Å². The van der Waals surface area contributed by atoms with E-state index in [0.717, 1.165) is 0 Å². The van der Waals surface area contributed by atoms with E-state index in [-0.39, 0.29) is 35.0 Å². The van der Waals surface area contributed by atoms with Gasteiger partial charge >= 0.3 is 0 Å². The first-order valence-corrected chi connectivity index (χ1v) is 6.83. The first-order valence-electron chi connectivity index (χ1n) is 6.04. The van der Waals surface area contributed by atoms with Gasteiger partial charge < -0.3 is 10.6 Å². The Balaban J connectivity index is 2.42. The molecule has 1 rings (SSSR count). The van der Waals surface area contributed by atoms with Gasteiger partial charge in [-0.15, -0.1) is 0 Å². The zero-order valence-corrected chi connectivity index (χ0v) is 12.5. The largest absolute Gasteiger partial charge is 0.354 e. The highest BCUT2D eigenvalue weighted by Crippen LogP contribution is 2.21. The fourth-order valence-corrected chi connectivity index (χ4v) is 1.91. The van der Waals surface area contributed by atoms with E-state index in [9.17, 15) is 13.6 Å². The van der Waals surface area contributed by atoms with Crippen molar-refractivity contribution in [3.05, 3.63) is 33.8 Å². The van der Waals surface area contributed by atoms with Gasteiger partial charge in [-0.05, 0) is 41.9 Å². The number of benzene rings is 1. The lowest BCUT2D eigenvalue weighted by Gasteiger charge is -2.10. The van der Waals surface area contributed by atoms with Crippen LogP contribution in [0.1, 0.15) is 25.8 Å². The van der Waals surface area contributed by atoms with E-state index in [2.05, 4.69) is 26.6 Å².